The first-order valence-corrected chi connectivity index (χ1v) is 8.03. The summed E-state index contributed by atoms with van der Waals surface area (Å²) >= 11 is 7.91. The Morgan fingerprint density at radius 2 is 2.37 bits per heavy atom. The van der Waals surface area contributed by atoms with E-state index in [1.165, 1.54) is 17.9 Å². The van der Waals surface area contributed by atoms with Gasteiger partial charge < -0.3 is 10.6 Å². The Labute approximate surface area is 123 Å². The minimum Gasteiger partial charge on any atom is -0.325 e. The fraction of sp³-hybridized carbons (Fsp3) is 0.500. The van der Waals surface area contributed by atoms with Gasteiger partial charge in [-0.2, -0.15) is 11.8 Å². The molecule has 0 spiro atoms. The Balaban J connectivity index is 1.75. The van der Waals surface area contributed by atoms with E-state index in [-0.39, 0.29) is 5.91 Å². The van der Waals surface area contributed by atoms with Crippen LogP contribution < -0.4 is 10.6 Å². The zero-order valence-electron chi connectivity index (χ0n) is 11.0. The van der Waals surface area contributed by atoms with Crippen molar-refractivity contribution in [2.75, 3.05) is 29.9 Å². The molecule has 0 bridgehead atoms. The summed E-state index contributed by atoms with van der Waals surface area (Å²) < 4.78 is 0. The van der Waals surface area contributed by atoms with Crippen LogP contribution in [0.3, 0.4) is 0 Å². The first-order valence-electron chi connectivity index (χ1n) is 6.49. The second-order valence-corrected chi connectivity index (χ2v) is 6.45. The van der Waals surface area contributed by atoms with Gasteiger partial charge in [0.05, 0.1) is 6.54 Å². The van der Waals surface area contributed by atoms with E-state index in [9.17, 15) is 4.79 Å². The molecule has 3 nitrogen and oxygen atoms in total. The van der Waals surface area contributed by atoms with Gasteiger partial charge in [0, 0.05) is 10.7 Å². The number of nitrogens with one attached hydrogen (secondary N) is 2. The molecule has 1 heterocycles. The Morgan fingerprint density at radius 3 is 3.11 bits per heavy atom. The molecular formula is C14H19ClN2OS. The third kappa shape index (κ3) is 4.71. The summed E-state index contributed by atoms with van der Waals surface area (Å²) in [6.45, 7) is 3.23. The summed E-state index contributed by atoms with van der Waals surface area (Å²) in [5.74, 6) is 3.16. The van der Waals surface area contributed by atoms with Crippen LogP contribution in [0.25, 0.3) is 0 Å². The lowest BCUT2D eigenvalue weighted by Crippen LogP contribution is -2.32. The Morgan fingerprint density at radius 1 is 1.53 bits per heavy atom. The maximum atomic E-state index is 11.8. The number of halogens is 1. The predicted molar refractivity (Wildman–Crippen MR) is 83.1 cm³/mol. The monoisotopic (exact) mass is 298 g/mol. The summed E-state index contributed by atoms with van der Waals surface area (Å²) in [6, 6.07) is 5.51. The SMILES string of the molecule is Cc1ccc(Cl)cc1NC(=O)CNCC1CCSC1. The van der Waals surface area contributed by atoms with Gasteiger partial charge in [-0.1, -0.05) is 17.7 Å². The van der Waals surface area contributed by atoms with Gasteiger partial charge in [0.25, 0.3) is 0 Å². The van der Waals surface area contributed by atoms with Gasteiger partial charge in [-0.3, -0.25) is 4.79 Å². The normalized spacial score (nSPS) is 18.5. The molecule has 2 rings (SSSR count). The van der Waals surface area contributed by atoms with Crippen LogP contribution in [0, 0.1) is 12.8 Å². The molecule has 2 N–H and O–H groups in total. The van der Waals surface area contributed by atoms with Crippen molar-refractivity contribution in [3.63, 3.8) is 0 Å². The van der Waals surface area contributed by atoms with E-state index in [0.717, 1.165) is 17.8 Å². The van der Waals surface area contributed by atoms with Crippen LogP contribution in [-0.4, -0.2) is 30.5 Å². The van der Waals surface area contributed by atoms with Crippen LogP contribution in [0.15, 0.2) is 18.2 Å². The van der Waals surface area contributed by atoms with E-state index in [2.05, 4.69) is 10.6 Å². The number of aryl methyl sites for hydroxylation is 1. The third-order valence-electron chi connectivity index (χ3n) is 3.22. The van der Waals surface area contributed by atoms with Crippen molar-refractivity contribution in [2.45, 2.75) is 13.3 Å². The van der Waals surface area contributed by atoms with Gasteiger partial charge in [0.15, 0.2) is 0 Å². The van der Waals surface area contributed by atoms with Crippen LogP contribution in [0.2, 0.25) is 5.02 Å². The van der Waals surface area contributed by atoms with Crippen LogP contribution >= 0.6 is 23.4 Å². The second-order valence-electron chi connectivity index (χ2n) is 4.87. The van der Waals surface area contributed by atoms with Crippen LogP contribution in [-0.2, 0) is 4.79 Å². The molecule has 0 aliphatic carbocycles. The van der Waals surface area contributed by atoms with E-state index in [1.54, 1.807) is 6.07 Å². The number of rotatable bonds is 5. The van der Waals surface area contributed by atoms with Crippen molar-refractivity contribution >= 4 is 35.0 Å². The van der Waals surface area contributed by atoms with Crippen molar-refractivity contribution in [3.05, 3.63) is 28.8 Å². The zero-order valence-corrected chi connectivity index (χ0v) is 12.6. The maximum Gasteiger partial charge on any atom is 0.238 e. The molecule has 1 atom stereocenters. The third-order valence-corrected chi connectivity index (χ3v) is 4.68. The maximum absolute atomic E-state index is 11.8. The van der Waals surface area contributed by atoms with Crippen molar-refractivity contribution in [3.8, 4) is 0 Å². The molecule has 1 aliphatic rings. The van der Waals surface area contributed by atoms with Crippen LogP contribution in [0.1, 0.15) is 12.0 Å². The number of hydrogen-bond acceptors (Lipinski definition) is 3. The lowest BCUT2D eigenvalue weighted by molar-refractivity contribution is -0.115. The summed E-state index contributed by atoms with van der Waals surface area (Å²) in [6.07, 6.45) is 1.26. The van der Waals surface area contributed by atoms with Crippen molar-refractivity contribution in [2.24, 2.45) is 5.92 Å². The summed E-state index contributed by atoms with van der Waals surface area (Å²) in [4.78, 5) is 11.8. The molecule has 0 saturated carbocycles. The van der Waals surface area contributed by atoms with Crippen molar-refractivity contribution in [1.82, 2.24) is 5.32 Å². The fourth-order valence-corrected chi connectivity index (χ4v) is 3.51. The second kappa shape index (κ2) is 7.17. The Hall–Kier alpha value is -0.710. The van der Waals surface area contributed by atoms with Gasteiger partial charge in [-0.05, 0) is 55.0 Å². The van der Waals surface area contributed by atoms with E-state index >= 15 is 0 Å². The van der Waals surface area contributed by atoms with Crippen LogP contribution in [0.4, 0.5) is 5.69 Å². The number of hydrogen-bond donors (Lipinski definition) is 2. The number of amides is 1. The van der Waals surface area contributed by atoms with Crippen molar-refractivity contribution in [1.29, 1.82) is 0 Å². The lowest BCUT2D eigenvalue weighted by Gasteiger charge is -2.11. The molecule has 0 radical (unpaired) electrons. The number of carbonyl (C=O) groups is 1. The average Bonchev–Trinajstić information content (AvgIpc) is 2.87. The first kappa shape index (κ1) is 14.7. The van der Waals surface area contributed by atoms with Gasteiger partial charge in [-0.25, -0.2) is 0 Å². The highest BCUT2D eigenvalue weighted by atomic mass is 35.5. The molecule has 104 valence electrons. The van der Waals surface area contributed by atoms with E-state index in [0.29, 0.717) is 17.5 Å². The molecule has 1 fully saturated rings. The standard InChI is InChI=1S/C14H19ClN2OS/c1-10-2-3-12(15)6-13(10)17-14(18)8-16-7-11-4-5-19-9-11/h2-3,6,11,16H,4-5,7-9H2,1H3,(H,17,18). The number of benzene rings is 1. The topological polar surface area (TPSA) is 41.1 Å². The molecule has 1 amide bonds. The van der Waals surface area contributed by atoms with Gasteiger partial charge in [0.1, 0.15) is 0 Å². The Kier molecular flexibility index (Phi) is 5.55. The summed E-state index contributed by atoms with van der Waals surface area (Å²) in [7, 11) is 0. The molecular weight excluding hydrogens is 280 g/mol. The highest BCUT2D eigenvalue weighted by molar-refractivity contribution is 7.99. The molecule has 1 aromatic carbocycles. The predicted octanol–water partition coefficient (Wildman–Crippen LogP) is 2.93. The largest absolute Gasteiger partial charge is 0.325 e. The fourth-order valence-electron chi connectivity index (χ4n) is 2.06. The molecule has 19 heavy (non-hydrogen) atoms. The molecule has 0 aromatic heterocycles. The van der Waals surface area contributed by atoms with E-state index in [1.807, 2.05) is 30.8 Å². The highest BCUT2D eigenvalue weighted by Gasteiger charge is 2.15. The van der Waals surface area contributed by atoms with Crippen molar-refractivity contribution < 1.29 is 4.79 Å². The van der Waals surface area contributed by atoms with Crippen LogP contribution in [0.5, 0.6) is 0 Å². The minimum absolute atomic E-state index is 0.0176. The number of thioether (sulfide) groups is 1. The first-order chi connectivity index (χ1) is 9.15. The summed E-state index contributed by atoms with van der Waals surface area (Å²) in [5, 5.41) is 6.74. The molecule has 5 heteroatoms. The smallest absolute Gasteiger partial charge is 0.238 e. The van der Waals surface area contributed by atoms with E-state index in [4.69, 9.17) is 11.6 Å². The quantitative estimate of drug-likeness (QED) is 0.878. The Bertz CT molecular complexity index is 447. The lowest BCUT2D eigenvalue weighted by atomic mass is 10.1. The summed E-state index contributed by atoms with van der Waals surface area (Å²) in [5.41, 5.74) is 1.81. The molecule has 1 unspecified atom stereocenters. The highest BCUT2D eigenvalue weighted by Crippen LogP contribution is 2.22. The zero-order chi connectivity index (χ0) is 13.7. The average molecular weight is 299 g/mol. The number of anilines is 1. The van der Waals surface area contributed by atoms with E-state index < -0.39 is 0 Å². The van der Waals surface area contributed by atoms with Gasteiger partial charge in [-0.15, -0.1) is 0 Å². The molecule has 1 saturated heterocycles. The molecule has 1 aromatic rings. The number of carbonyl (C=O) groups excluding carboxylic acids is 1. The van der Waals surface area contributed by atoms with Gasteiger partial charge >= 0.3 is 0 Å². The molecule has 1 aliphatic heterocycles. The minimum atomic E-state index is -0.0176. The van der Waals surface area contributed by atoms with Gasteiger partial charge in [0.2, 0.25) is 5.91 Å².